The number of hydrogen-bond donors (Lipinski definition) is 0. The number of ether oxygens (including phenoxy) is 1. The zero-order valence-corrected chi connectivity index (χ0v) is 26.4. The van der Waals surface area contributed by atoms with Gasteiger partial charge in [-0.05, 0) is 102 Å². The molecule has 0 unspecified atom stereocenters. The molecule has 48 heavy (non-hydrogen) atoms. The van der Waals surface area contributed by atoms with Crippen molar-refractivity contribution in [1.82, 2.24) is 0 Å². The van der Waals surface area contributed by atoms with Crippen molar-refractivity contribution in [1.29, 1.82) is 0 Å². The van der Waals surface area contributed by atoms with Crippen molar-refractivity contribution in [3.8, 4) is 22.6 Å². The van der Waals surface area contributed by atoms with Gasteiger partial charge in [-0.15, -0.1) is 0 Å². The van der Waals surface area contributed by atoms with Crippen LogP contribution in [0.1, 0.15) is 5.56 Å². The van der Waals surface area contributed by atoms with Gasteiger partial charge in [-0.3, -0.25) is 0 Å². The van der Waals surface area contributed by atoms with Gasteiger partial charge in [0.05, 0.1) is 11.4 Å². The zero-order chi connectivity index (χ0) is 31.8. The van der Waals surface area contributed by atoms with E-state index in [-0.39, 0.29) is 6.85 Å². The third-order valence-electron chi connectivity index (χ3n) is 9.80. The lowest BCUT2D eigenvalue weighted by Gasteiger charge is -2.47. The monoisotopic (exact) mass is 615 g/mol. The first-order valence-corrected chi connectivity index (χ1v) is 16.5. The largest absolute Gasteiger partial charge is 0.453 e. The van der Waals surface area contributed by atoms with Gasteiger partial charge in [0.2, 0.25) is 0 Å². The molecule has 0 N–H and O–H groups in total. The zero-order valence-electron chi connectivity index (χ0n) is 26.4. The standard InChI is InChI=1S/C43H30BN3O/c1-29-26-35-34-20-13-23-41-43(34)47(37-21-11-12-22-40(37)48-41)44-36-25-24-33(45(30-14-5-2-6-15-30)31-16-7-3-8-17-31)28-38(36)46(39(27-29)42(35)44)32-18-9-4-10-19-32/h2-28H,1H3. The fraction of sp³-hybridized carbons (Fsp3) is 0.0233. The molecule has 0 saturated heterocycles. The summed E-state index contributed by atoms with van der Waals surface area (Å²) in [6.45, 7) is 2.15. The van der Waals surface area contributed by atoms with E-state index in [2.05, 4.69) is 185 Å². The summed E-state index contributed by atoms with van der Waals surface area (Å²) in [5.74, 6) is 1.77. The summed E-state index contributed by atoms with van der Waals surface area (Å²) >= 11 is 0. The van der Waals surface area contributed by atoms with Crippen molar-refractivity contribution in [2.45, 2.75) is 6.92 Å². The maximum atomic E-state index is 6.58. The lowest BCUT2D eigenvalue weighted by atomic mass is 9.43. The Hall–Kier alpha value is -6.20. The summed E-state index contributed by atoms with van der Waals surface area (Å²) in [5.41, 5.74) is 15.3. The fourth-order valence-electron chi connectivity index (χ4n) is 7.90. The number of nitrogens with zero attached hydrogens (tertiary/aromatic N) is 3. The number of hydrogen-bond acceptors (Lipinski definition) is 4. The molecule has 0 atom stereocenters. The summed E-state index contributed by atoms with van der Waals surface area (Å²) in [5, 5.41) is 0. The lowest BCUT2D eigenvalue weighted by molar-refractivity contribution is 0.478. The summed E-state index contributed by atoms with van der Waals surface area (Å²) in [7, 11) is 0. The molecule has 0 aliphatic carbocycles. The van der Waals surface area contributed by atoms with Crippen LogP contribution in [0.15, 0.2) is 164 Å². The number of anilines is 8. The Labute approximate surface area is 280 Å². The van der Waals surface area contributed by atoms with Crippen LogP contribution in [0.25, 0.3) is 11.1 Å². The molecule has 7 aromatic rings. The Morgan fingerprint density at radius 3 is 1.94 bits per heavy atom. The summed E-state index contributed by atoms with van der Waals surface area (Å²) in [6.07, 6.45) is 0. The van der Waals surface area contributed by atoms with Crippen molar-refractivity contribution in [2.75, 3.05) is 14.6 Å². The molecule has 0 spiro atoms. The average Bonchev–Trinajstić information content (AvgIpc) is 3.14. The molecular formula is C43H30BN3O. The van der Waals surface area contributed by atoms with Crippen LogP contribution < -0.4 is 30.3 Å². The van der Waals surface area contributed by atoms with Gasteiger partial charge in [-0.1, -0.05) is 91.0 Å². The minimum absolute atomic E-state index is 0.0554. The van der Waals surface area contributed by atoms with Crippen LogP contribution in [0.3, 0.4) is 0 Å². The topological polar surface area (TPSA) is 19.0 Å². The smallest absolute Gasteiger partial charge is 0.333 e. The normalized spacial score (nSPS) is 13.1. The lowest BCUT2D eigenvalue weighted by Crippen LogP contribution is -2.62. The van der Waals surface area contributed by atoms with Gasteiger partial charge >= 0.3 is 6.85 Å². The van der Waals surface area contributed by atoms with Crippen molar-refractivity contribution < 1.29 is 4.74 Å². The predicted molar refractivity (Wildman–Crippen MR) is 200 cm³/mol. The van der Waals surface area contributed by atoms with Crippen LogP contribution in [-0.2, 0) is 0 Å². The number of aryl methyl sites for hydroxylation is 1. The van der Waals surface area contributed by atoms with Crippen LogP contribution in [0.4, 0.5) is 45.5 Å². The van der Waals surface area contributed by atoms with Crippen LogP contribution in [0.5, 0.6) is 11.5 Å². The Morgan fingerprint density at radius 2 is 1.19 bits per heavy atom. The van der Waals surface area contributed by atoms with Crippen LogP contribution >= 0.6 is 0 Å². The van der Waals surface area contributed by atoms with Gasteiger partial charge in [0.1, 0.15) is 5.75 Å². The number of benzene rings is 7. The minimum atomic E-state index is -0.0554. The number of fused-ring (bicyclic) bond motifs is 6. The van der Waals surface area contributed by atoms with Gasteiger partial charge in [0.15, 0.2) is 5.75 Å². The highest BCUT2D eigenvalue weighted by atomic mass is 16.5. The van der Waals surface area contributed by atoms with Gasteiger partial charge in [-0.25, -0.2) is 0 Å². The van der Waals surface area contributed by atoms with E-state index in [1.54, 1.807) is 0 Å². The highest BCUT2D eigenvalue weighted by molar-refractivity contribution is 6.93. The number of rotatable bonds is 4. The maximum Gasteiger partial charge on any atom is 0.333 e. The van der Waals surface area contributed by atoms with E-state index in [1.165, 1.54) is 33.3 Å². The first-order valence-electron chi connectivity index (χ1n) is 16.5. The second-order valence-electron chi connectivity index (χ2n) is 12.7. The molecule has 0 aromatic heterocycles. The molecule has 3 aliphatic heterocycles. The molecule has 0 amide bonds. The molecule has 0 saturated carbocycles. The Kier molecular flexibility index (Phi) is 5.85. The molecule has 5 heteroatoms. The molecule has 7 aromatic carbocycles. The molecule has 0 radical (unpaired) electrons. The molecule has 10 rings (SSSR count). The highest BCUT2D eigenvalue weighted by Crippen LogP contribution is 2.55. The van der Waals surface area contributed by atoms with Crippen LogP contribution in [-0.4, -0.2) is 6.85 Å². The molecular weight excluding hydrogens is 585 g/mol. The molecule has 0 bridgehead atoms. The Bertz CT molecular complexity index is 2320. The molecule has 3 aliphatic rings. The van der Waals surface area contributed by atoms with Crippen molar-refractivity contribution >= 4 is 63.3 Å². The van der Waals surface area contributed by atoms with Crippen LogP contribution in [0.2, 0.25) is 0 Å². The predicted octanol–water partition coefficient (Wildman–Crippen LogP) is 10.3. The Balaban J connectivity index is 1.29. The van der Waals surface area contributed by atoms with E-state index in [9.17, 15) is 0 Å². The summed E-state index contributed by atoms with van der Waals surface area (Å²) in [4.78, 5) is 7.34. The van der Waals surface area contributed by atoms with Crippen LogP contribution in [0, 0.1) is 6.92 Å². The van der Waals surface area contributed by atoms with E-state index in [0.717, 1.165) is 51.3 Å². The molecule has 226 valence electrons. The van der Waals surface area contributed by atoms with Gasteiger partial charge in [0.25, 0.3) is 0 Å². The minimum Gasteiger partial charge on any atom is -0.453 e. The summed E-state index contributed by atoms with van der Waals surface area (Å²) < 4.78 is 6.58. The number of para-hydroxylation sites is 6. The molecule has 3 heterocycles. The molecule has 0 fully saturated rings. The third-order valence-corrected chi connectivity index (χ3v) is 9.80. The van der Waals surface area contributed by atoms with Gasteiger partial charge in [0, 0.05) is 39.7 Å². The average molecular weight is 616 g/mol. The first kappa shape index (κ1) is 27.0. The van der Waals surface area contributed by atoms with Crippen molar-refractivity contribution in [3.63, 3.8) is 0 Å². The van der Waals surface area contributed by atoms with E-state index in [0.29, 0.717) is 0 Å². The quantitative estimate of drug-likeness (QED) is 0.184. The van der Waals surface area contributed by atoms with Gasteiger partial charge in [-0.2, -0.15) is 0 Å². The third kappa shape index (κ3) is 3.91. The van der Waals surface area contributed by atoms with Crippen molar-refractivity contribution in [2.24, 2.45) is 0 Å². The second-order valence-corrected chi connectivity index (χ2v) is 12.7. The summed E-state index contributed by atoms with van der Waals surface area (Å²) in [6, 6.07) is 58.7. The van der Waals surface area contributed by atoms with E-state index in [4.69, 9.17) is 4.74 Å². The van der Waals surface area contributed by atoms with E-state index >= 15 is 0 Å². The first-order chi connectivity index (χ1) is 23.7. The van der Waals surface area contributed by atoms with E-state index < -0.39 is 0 Å². The SMILES string of the molecule is Cc1cc2c3c(c1)N(c1ccccc1)c1cc(N(c4ccccc4)c4ccccc4)ccc1B3N1c3ccccc3Oc3cccc-2c31. The fourth-order valence-corrected chi connectivity index (χ4v) is 7.90. The molecule has 4 nitrogen and oxygen atoms in total. The Morgan fingerprint density at radius 1 is 0.521 bits per heavy atom. The second kappa shape index (κ2) is 10.4. The van der Waals surface area contributed by atoms with E-state index in [1.807, 2.05) is 0 Å². The maximum absolute atomic E-state index is 6.58. The highest BCUT2D eigenvalue weighted by Gasteiger charge is 2.47. The van der Waals surface area contributed by atoms with Crippen molar-refractivity contribution in [3.05, 3.63) is 169 Å². The van der Waals surface area contributed by atoms with Gasteiger partial charge < -0.3 is 19.3 Å².